The Kier molecular flexibility index (Phi) is 5.05. The van der Waals surface area contributed by atoms with Crippen molar-refractivity contribution in [3.8, 4) is 0 Å². The van der Waals surface area contributed by atoms with Crippen LogP contribution in [-0.2, 0) is 4.79 Å². The van der Waals surface area contributed by atoms with Gasteiger partial charge in [0.2, 0.25) is 5.91 Å². The summed E-state index contributed by atoms with van der Waals surface area (Å²) in [4.78, 5) is 13.4. The smallest absolute Gasteiger partial charge is 0.226 e. The van der Waals surface area contributed by atoms with E-state index in [2.05, 4.69) is 18.2 Å². The quantitative estimate of drug-likeness (QED) is 0.485. The van der Waals surface area contributed by atoms with Crippen molar-refractivity contribution in [1.29, 1.82) is 0 Å². The Morgan fingerprint density at radius 1 is 1.50 bits per heavy atom. The number of unbranched alkanes of at least 4 members (excludes halogenated alkanes) is 2. The largest absolute Gasteiger partial charge is 0.319 e. The van der Waals surface area contributed by atoms with E-state index in [9.17, 15) is 4.79 Å². The lowest BCUT2D eigenvalue weighted by Crippen LogP contribution is -2.23. The van der Waals surface area contributed by atoms with Gasteiger partial charge in [-0.15, -0.1) is 0 Å². The number of hydrogen-bond donors (Lipinski definition) is 0. The lowest BCUT2D eigenvalue weighted by Gasteiger charge is -2.12. The van der Waals surface area contributed by atoms with Crippen LogP contribution in [0.15, 0.2) is 24.4 Å². The molecule has 1 rings (SSSR count). The molecule has 0 aromatic rings. The summed E-state index contributed by atoms with van der Waals surface area (Å²) in [6.45, 7) is 2.91. The van der Waals surface area contributed by atoms with E-state index >= 15 is 0 Å². The molecule has 0 fully saturated rings. The number of rotatable bonds is 5. The van der Waals surface area contributed by atoms with Gasteiger partial charge < -0.3 is 4.90 Å². The number of amides is 1. The first-order valence-corrected chi connectivity index (χ1v) is 5.42. The monoisotopic (exact) mass is 193 g/mol. The Bertz CT molecular complexity index is 230. The first-order chi connectivity index (χ1) is 6.84. The Balaban J connectivity index is 2.06. The molecule has 78 valence electrons. The number of carbonyl (C=O) groups excluding carboxylic acids is 1. The topological polar surface area (TPSA) is 20.3 Å². The van der Waals surface area contributed by atoms with E-state index in [0.717, 1.165) is 32.2 Å². The summed E-state index contributed by atoms with van der Waals surface area (Å²) in [6, 6.07) is 0. The highest BCUT2D eigenvalue weighted by atomic mass is 16.2. The molecule has 0 N–H and O–H groups in total. The van der Waals surface area contributed by atoms with Crippen molar-refractivity contribution in [3.05, 3.63) is 24.4 Å². The third kappa shape index (κ3) is 3.77. The first-order valence-electron chi connectivity index (χ1n) is 5.42. The molecular weight excluding hydrogens is 174 g/mol. The van der Waals surface area contributed by atoms with Gasteiger partial charge >= 0.3 is 0 Å². The van der Waals surface area contributed by atoms with Gasteiger partial charge in [0, 0.05) is 19.2 Å². The summed E-state index contributed by atoms with van der Waals surface area (Å²) < 4.78 is 0. The van der Waals surface area contributed by atoms with Crippen LogP contribution in [0.4, 0.5) is 0 Å². The second-order valence-corrected chi connectivity index (χ2v) is 3.58. The molecule has 1 heterocycles. The van der Waals surface area contributed by atoms with Gasteiger partial charge in [-0.1, -0.05) is 18.2 Å². The van der Waals surface area contributed by atoms with Crippen LogP contribution in [0.2, 0.25) is 0 Å². The molecule has 2 nitrogen and oxygen atoms in total. The Morgan fingerprint density at radius 3 is 3.00 bits per heavy atom. The minimum atomic E-state index is 0.277. The number of allylic oxidation sites excluding steroid dienone is 2. The zero-order chi connectivity index (χ0) is 10.2. The molecule has 2 heteroatoms. The predicted octanol–water partition coefficient (Wildman–Crippen LogP) is 2.87. The van der Waals surface area contributed by atoms with Crippen LogP contribution in [0.25, 0.3) is 0 Å². The van der Waals surface area contributed by atoms with Crippen molar-refractivity contribution >= 4 is 5.91 Å². The molecule has 0 aromatic carbocycles. The lowest BCUT2D eigenvalue weighted by molar-refractivity contribution is -0.128. The van der Waals surface area contributed by atoms with Gasteiger partial charge in [0.25, 0.3) is 0 Å². The van der Waals surface area contributed by atoms with Crippen molar-refractivity contribution in [2.75, 3.05) is 6.54 Å². The summed E-state index contributed by atoms with van der Waals surface area (Å²) >= 11 is 0. The molecule has 0 spiro atoms. The molecule has 0 radical (unpaired) electrons. The van der Waals surface area contributed by atoms with Crippen molar-refractivity contribution in [1.82, 2.24) is 4.90 Å². The van der Waals surface area contributed by atoms with Gasteiger partial charge in [0.05, 0.1) is 0 Å². The third-order valence-electron chi connectivity index (χ3n) is 2.39. The van der Waals surface area contributed by atoms with Crippen molar-refractivity contribution < 1.29 is 4.79 Å². The molecule has 0 unspecified atom stereocenters. The maximum absolute atomic E-state index is 11.5. The summed E-state index contributed by atoms with van der Waals surface area (Å²) in [6.07, 6.45) is 13.1. The third-order valence-corrected chi connectivity index (χ3v) is 2.39. The molecular formula is C12H19NO. The molecule has 0 saturated carbocycles. The number of carbonyl (C=O) groups is 1. The SMILES string of the molecule is C/C=C/CCCCC(=O)N1C=CCC1. The van der Waals surface area contributed by atoms with E-state index < -0.39 is 0 Å². The zero-order valence-corrected chi connectivity index (χ0v) is 8.91. The van der Waals surface area contributed by atoms with Gasteiger partial charge in [-0.25, -0.2) is 0 Å². The van der Waals surface area contributed by atoms with Gasteiger partial charge in [-0.3, -0.25) is 4.79 Å². The molecule has 1 aliphatic heterocycles. The average molecular weight is 193 g/mol. The lowest BCUT2D eigenvalue weighted by atomic mass is 10.2. The highest BCUT2D eigenvalue weighted by molar-refractivity contribution is 5.77. The number of hydrogen-bond acceptors (Lipinski definition) is 1. The van der Waals surface area contributed by atoms with Crippen LogP contribution in [0.5, 0.6) is 0 Å². The fourth-order valence-electron chi connectivity index (χ4n) is 1.55. The Labute approximate surface area is 86.3 Å². The summed E-state index contributed by atoms with van der Waals surface area (Å²) in [5.74, 6) is 0.277. The summed E-state index contributed by atoms with van der Waals surface area (Å²) in [7, 11) is 0. The molecule has 14 heavy (non-hydrogen) atoms. The highest BCUT2D eigenvalue weighted by Gasteiger charge is 2.12. The second kappa shape index (κ2) is 6.41. The van der Waals surface area contributed by atoms with E-state index in [1.54, 1.807) is 0 Å². The first kappa shape index (κ1) is 11.0. The summed E-state index contributed by atoms with van der Waals surface area (Å²) in [5.41, 5.74) is 0. The second-order valence-electron chi connectivity index (χ2n) is 3.58. The Hall–Kier alpha value is -1.05. The molecule has 0 saturated heterocycles. The van der Waals surface area contributed by atoms with Crippen molar-refractivity contribution in [2.24, 2.45) is 0 Å². The van der Waals surface area contributed by atoms with Crippen LogP contribution in [-0.4, -0.2) is 17.4 Å². The van der Waals surface area contributed by atoms with Crippen molar-refractivity contribution in [3.63, 3.8) is 0 Å². The predicted molar refractivity (Wildman–Crippen MR) is 58.8 cm³/mol. The van der Waals surface area contributed by atoms with Crippen molar-refractivity contribution in [2.45, 2.75) is 39.0 Å². The van der Waals surface area contributed by atoms with E-state index in [1.807, 2.05) is 18.0 Å². The van der Waals surface area contributed by atoms with Crippen LogP contribution in [0, 0.1) is 0 Å². The molecule has 0 bridgehead atoms. The molecule has 0 aliphatic carbocycles. The van der Waals surface area contributed by atoms with E-state index in [4.69, 9.17) is 0 Å². The van der Waals surface area contributed by atoms with E-state index in [-0.39, 0.29) is 5.91 Å². The Morgan fingerprint density at radius 2 is 2.36 bits per heavy atom. The maximum Gasteiger partial charge on any atom is 0.226 e. The normalized spacial score (nSPS) is 15.6. The maximum atomic E-state index is 11.5. The van der Waals surface area contributed by atoms with Gasteiger partial charge in [0.15, 0.2) is 0 Å². The summed E-state index contributed by atoms with van der Waals surface area (Å²) in [5, 5.41) is 0. The van der Waals surface area contributed by atoms with Crippen LogP contribution >= 0.6 is 0 Å². The van der Waals surface area contributed by atoms with Gasteiger partial charge in [0.1, 0.15) is 0 Å². The fraction of sp³-hybridized carbons (Fsp3) is 0.583. The highest BCUT2D eigenvalue weighted by Crippen LogP contribution is 2.09. The molecule has 0 aromatic heterocycles. The molecule has 0 atom stereocenters. The van der Waals surface area contributed by atoms with Gasteiger partial charge in [-0.05, 0) is 32.6 Å². The molecule has 1 amide bonds. The minimum Gasteiger partial charge on any atom is -0.319 e. The minimum absolute atomic E-state index is 0.277. The molecule has 1 aliphatic rings. The van der Waals surface area contributed by atoms with E-state index in [1.165, 1.54) is 0 Å². The van der Waals surface area contributed by atoms with Crippen LogP contribution in [0.1, 0.15) is 39.0 Å². The standard InChI is InChI=1S/C12H19NO/c1-2-3-4-5-6-9-12(14)13-10-7-8-11-13/h2-3,7,10H,4-6,8-9,11H2,1H3/b3-2+. The van der Waals surface area contributed by atoms with E-state index in [0.29, 0.717) is 6.42 Å². The van der Waals surface area contributed by atoms with Crippen LogP contribution < -0.4 is 0 Å². The van der Waals surface area contributed by atoms with Gasteiger partial charge in [-0.2, -0.15) is 0 Å². The average Bonchev–Trinajstić information content (AvgIpc) is 2.70. The number of nitrogens with zero attached hydrogens (tertiary/aromatic N) is 1. The zero-order valence-electron chi connectivity index (χ0n) is 8.91. The van der Waals surface area contributed by atoms with Crippen LogP contribution in [0.3, 0.4) is 0 Å². The fourth-order valence-corrected chi connectivity index (χ4v) is 1.55.